The molecule has 2 nitrogen and oxygen atoms in total. The van der Waals surface area contributed by atoms with Gasteiger partial charge in [0.05, 0.1) is 6.10 Å². The molecule has 1 aromatic rings. The molecule has 0 aromatic heterocycles. The Morgan fingerprint density at radius 3 is 2.87 bits per heavy atom. The molecule has 3 heteroatoms. The molecule has 0 spiro atoms. The molecule has 82 valence electrons. The van der Waals surface area contributed by atoms with Crippen molar-refractivity contribution in [3.05, 3.63) is 41.4 Å². The Hall–Kier alpha value is -0.990. The third-order valence-electron chi connectivity index (χ3n) is 2.29. The Morgan fingerprint density at radius 1 is 1.53 bits per heavy atom. The summed E-state index contributed by atoms with van der Waals surface area (Å²) in [5, 5.41) is 10.5. The van der Waals surface area contributed by atoms with Crippen molar-refractivity contribution in [2.24, 2.45) is 0 Å². The highest BCUT2D eigenvalue weighted by atomic mass is 35.5. The van der Waals surface area contributed by atoms with Crippen molar-refractivity contribution in [2.75, 3.05) is 5.73 Å². The van der Waals surface area contributed by atoms with E-state index in [2.05, 4.69) is 6.58 Å². The fraction of sp³-hybridized carbons (Fsp3) is 0.333. The van der Waals surface area contributed by atoms with Gasteiger partial charge in [0.2, 0.25) is 0 Å². The van der Waals surface area contributed by atoms with Gasteiger partial charge in [-0.2, -0.15) is 0 Å². The van der Waals surface area contributed by atoms with E-state index in [0.717, 1.165) is 18.4 Å². The third kappa shape index (κ3) is 3.57. The number of rotatable bonds is 5. The zero-order chi connectivity index (χ0) is 11.3. The molecule has 1 atom stereocenters. The molecule has 0 saturated carbocycles. The molecule has 15 heavy (non-hydrogen) atoms. The van der Waals surface area contributed by atoms with Crippen molar-refractivity contribution in [1.82, 2.24) is 0 Å². The van der Waals surface area contributed by atoms with E-state index in [1.54, 1.807) is 18.2 Å². The van der Waals surface area contributed by atoms with Crippen molar-refractivity contribution in [3.63, 3.8) is 0 Å². The quantitative estimate of drug-likeness (QED) is 0.459. The van der Waals surface area contributed by atoms with E-state index >= 15 is 0 Å². The summed E-state index contributed by atoms with van der Waals surface area (Å²) in [4.78, 5) is 0. The van der Waals surface area contributed by atoms with Gasteiger partial charge in [-0.25, -0.2) is 0 Å². The maximum Gasteiger partial charge on any atom is 0.0810 e. The Bertz CT molecular complexity index is 338. The summed E-state index contributed by atoms with van der Waals surface area (Å²) in [7, 11) is 0. The molecule has 1 rings (SSSR count). The minimum Gasteiger partial charge on any atom is -0.398 e. The lowest BCUT2D eigenvalue weighted by Gasteiger charge is -2.13. The van der Waals surface area contributed by atoms with Crippen molar-refractivity contribution >= 4 is 17.3 Å². The number of aliphatic hydroxyl groups excluding tert-OH is 1. The van der Waals surface area contributed by atoms with Crippen LogP contribution in [0.4, 0.5) is 5.69 Å². The van der Waals surface area contributed by atoms with Crippen LogP contribution >= 0.6 is 11.6 Å². The summed E-state index contributed by atoms with van der Waals surface area (Å²) in [6.45, 7) is 3.64. The van der Waals surface area contributed by atoms with Gasteiger partial charge in [0, 0.05) is 16.3 Å². The van der Waals surface area contributed by atoms with Gasteiger partial charge in [-0.1, -0.05) is 23.7 Å². The molecule has 0 bridgehead atoms. The lowest BCUT2D eigenvalue weighted by Crippen LogP contribution is -2.02. The van der Waals surface area contributed by atoms with Crippen molar-refractivity contribution in [3.8, 4) is 0 Å². The second-order valence-electron chi connectivity index (χ2n) is 3.51. The SMILES string of the molecule is C=CCCCC(O)c1ccc(Cl)cc1N. The molecule has 3 N–H and O–H groups in total. The molecule has 0 aliphatic carbocycles. The molecule has 0 amide bonds. The van der Waals surface area contributed by atoms with Crippen LogP contribution in [0.5, 0.6) is 0 Å². The highest BCUT2D eigenvalue weighted by molar-refractivity contribution is 6.30. The first kappa shape index (κ1) is 12.1. The van der Waals surface area contributed by atoms with Crippen LogP contribution in [0.3, 0.4) is 0 Å². The minimum atomic E-state index is -0.512. The smallest absolute Gasteiger partial charge is 0.0810 e. The summed E-state index contributed by atoms with van der Waals surface area (Å²) >= 11 is 5.77. The van der Waals surface area contributed by atoms with Gasteiger partial charge >= 0.3 is 0 Å². The molecule has 1 unspecified atom stereocenters. The standard InChI is InChI=1S/C12H16ClNO/c1-2-3-4-5-12(15)10-7-6-9(13)8-11(10)14/h2,6-8,12,15H,1,3-5,14H2. The molecule has 0 fully saturated rings. The van der Waals surface area contributed by atoms with Crippen molar-refractivity contribution in [2.45, 2.75) is 25.4 Å². The van der Waals surface area contributed by atoms with Crippen LogP contribution in [0.2, 0.25) is 5.02 Å². The zero-order valence-electron chi connectivity index (χ0n) is 8.62. The van der Waals surface area contributed by atoms with Crippen LogP contribution < -0.4 is 5.73 Å². The van der Waals surface area contributed by atoms with Crippen LogP contribution in [0.25, 0.3) is 0 Å². The largest absolute Gasteiger partial charge is 0.398 e. The maximum atomic E-state index is 9.86. The third-order valence-corrected chi connectivity index (χ3v) is 2.53. The van der Waals surface area contributed by atoms with Crippen LogP contribution in [0.15, 0.2) is 30.9 Å². The fourth-order valence-electron chi connectivity index (χ4n) is 1.46. The number of nitrogens with two attached hydrogens (primary N) is 1. The van der Waals surface area contributed by atoms with E-state index in [1.807, 2.05) is 6.08 Å². The molecule has 0 aliphatic heterocycles. The van der Waals surface area contributed by atoms with E-state index < -0.39 is 6.10 Å². The number of benzene rings is 1. The van der Waals surface area contributed by atoms with Crippen molar-refractivity contribution in [1.29, 1.82) is 0 Å². The first-order valence-electron chi connectivity index (χ1n) is 4.99. The number of anilines is 1. The van der Waals surface area contributed by atoms with Gasteiger partial charge in [0.1, 0.15) is 0 Å². The number of halogens is 1. The highest BCUT2D eigenvalue weighted by Crippen LogP contribution is 2.27. The number of allylic oxidation sites excluding steroid dienone is 1. The summed E-state index contributed by atoms with van der Waals surface area (Å²) in [5.41, 5.74) is 7.06. The molecule has 0 radical (unpaired) electrons. The Morgan fingerprint density at radius 2 is 2.27 bits per heavy atom. The average Bonchev–Trinajstić information content (AvgIpc) is 2.17. The number of unbranched alkanes of at least 4 members (excludes halogenated alkanes) is 1. The summed E-state index contributed by atoms with van der Waals surface area (Å²) < 4.78 is 0. The molecule has 0 heterocycles. The van der Waals surface area contributed by atoms with Gasteiger partial charge in [-0.05, 0) is 31.4 Å². The van der Waals surface area contributed by atoms with Gasteiger partial charge in [0.15, 0.2) is 0 Å². The minimum absolute atomic E-state index is 0.512. The summed E-state index contributed by atoms with van der Waals surface area (Å²) in [6.07, 6.45) is 3.84. The molecule has 0 aliphatic rings. The van der Waals surface area contributed by atoms with Gasteiger partial charge < -0.3 is 10.8 Å². The van der Waals surface area contributed by atoms with Gasteiger partial charge in [-0.3, -0.25) is 0 Å². The molecular formula is C12H16ClNO. The van der Waals surface area contributed by atoms with Gasteiger partial charge in [0.25, 0.3) is 0 Å². The van der Waals surface area contributed by atoms with E-state index in [-0.39, 0.29) is 0 Å². The first-order valence-corrected chi connectivity index (χ1v) is 5.37. The van der Waals surface area contributed by atoms with Crippen LogP contribution in [0, 0.1) is 0 Å². The maximum absolute atomic E-state index is 9.86. The fourth-order valence-corrected chi connectivity index (χ4v) is 1.64. The predicted molar refractivity (Wildman–Crippen MR) is 64.9 cm³/mol. The normalized spacial score (nSPS) is 12.4. The number of hydrogen-bond acceptors (Lipinski definition) is 2. The molecule has 0 saturated heterocycles. The summed E-state index contributed by atoms with van der Waals surface area (Å²) in [5.74, 6) is 0. The Kier molecular flexibility index (Phi) is 4.66. The first-order chi connectivity index (χ1) is 7.15. The Labute approximate surface area is 95.4 Å². The average molecular weight is 226 g/mol. The number of aliphatic hydroxyl groups is 1. The molecular weight excluding hydrogens is 210 g/mol. The van der Waals surface area contributed by atoms with Crippen molar-refractivity contribution < 1.29 is 5.11 Å². The van der Waals surface area contributed by atoms with E-state index in [0.29, 0.717) is 17.1 Å². The monoisotopic (exact) mass is 225 g/mol. The van der Waals surface area contributed by atoms with Crippen LogP contribution in [-0.2, 0) is 0 Å². The van der Waals surface area contributed by atoms with E-state index in [1.165, 1.54) is 0 Å². The molecule has 1 aromatic carbocycles. The Balaban J connectivity index is 2.64. The van der Waals surface area contributed by atoms with E-state index in [9.17, 15) is 5.11 Å². The second kappa shape index (κ2) is 5.79. The highest BCUT2D eigenvalue weighted by Gasteiger charge is 2.10. The second-order valence-corrected chi connectivity index (χ2v) is 3.95. The lowest BCUT2D eigenvalue weighted by atomic mass is 10.0. The van der Waals surface area contributed by atoms with Crippen LogP contribution in [-0.4, -0.2) is 5.11 Å². The zero-order valence-corrected chi connectivity index (χ0v) is 9.37. The lowest BCUT2D eigenvalue weighted by molar-refractivity contribution is 0.166. The van der Waals surface area contributed by atoms with Gasteiger partial charge in [-0.15, -0.1) is 6.58 Å². The van der Waals surface area contributed by atoms with Crippen LogP contribution in [0.1, 0.15) is 30.9 Å². The topological polar surface area (TPSA) is 46.2 Å². The summed E-state index contributed by atoms with van der Waals surface area (Å²) in [6, 6.07) is 5.17. The number of nitrogen functional groups attached to an aromatic ring is 1. The number of hydrogen-bond donors (Lipinski definition) is 2. The predicted octanol–water partition coefficient (Wildman–Crippen LogP) is 3.31. The van der Waals surface area contributed by atoms with E-state index in [4.69, 9.17) is 17.3 Å².